The number of nitrogens with zero attached hydrogens (tertiary/aromatic N) is 3. The number of ether oxygens (including phenoxy) is 1. The molecule has 0 atom stereocenters. The van der Waals surface area contributed by atoms with Crippen molar-refractivity contribution >= 4 is 60.1 Å². The first-order valence-electron chi connectivity index (χ1n) is 9.70. The lowest BCUT2D eigenvalue weighted by Crippen LogP contribution is -2.46. The highest BCUT2D eigenvalue weighted by atomic mass is 32.2. The van der Waals surface area contributed by atoms with Gasteiger partial charge in [-0.05, 0) is 36.6 Å². The average Bonchev–Trinajstić information content (AvgIpc) is 3.10. The summed E-state index contributed by atoms with van der Waals surface area (Å²) in [7, 11) is -7.61. The minimum Gasteiger partial charge on any atom is -0.490 e. The number of carbonyl (C=O) groups excluding carboxylic acids is 1. The van der Waals surface area contributed by atoms with Crippen LogP contribution in [0.15, 0.2) is 33.2 Å². The van der Waals surface area contributed by atoms with Crippen LogP contribution in [-0.4, -0.2) is 62.4 Å². The Morgan fingerprint density at radius 3 is 2.52 bits per heavy atom. The number of benzene rings is 1. The van der Waals surface area contributed by atoms with E-state index in [2.05, 4.69) is 9.39 Å². The summed E-state index contributed by atoms with van der Waals surface area (Å²) in [6.07, 6.45) is 2.24. The average molecular weight is 515 g/mol. The van der Waals surface area contributed by atoms with Crippen molar-refractivity contribution in [1.82, 2.24) is 4.90 Å². The highest BCUT2D eigenvalue weighted by Crippen LogP contribution is 2.33. The zero-order chi connectivity index (χ0) is 24.6. The molecule has 0 saturated heterocycles. The first-order chi connectivity index (χ1) is 15.3. The van der Waals surface area contributed by atoms with Crippen molar-refractivity contribution in [3.05, 3.63) is 29.3 Å². The van der Waals surface area contributed by atoms with Gasteiger partial charge >= 0.3 is 10.1 Å². The van der Waals surface area contributed by atoms with Crippen LogP contribution in [0.1, 0.15) is 26.3 Å². The predicted octanol–water partition coefficient (Wildman–Crippen LogP) is 2.07. The van der Waals surface area contributed by atoms with Gasteiger partial charge in [-0.3, -0.25) is 10.2 Å². The molecule has 2 aliphatic rings. The minimum atomic E-state index is -3.81. The van der Waals surface area contributed by atoms with Gasteiger partial charge in [0.2, 0.25) is 20.2 Å². The van der Waals surface area contributed by atoms with Gasteiger partial charge in [0.05, 0.1) is 36.1 Å². The molecule has 0 aromatic heterocycles. The number of amidine groups is 3. The summed E-state index contributed by atoms with van der Waals surface area (Å²) < 4.78 is 62.7. The van der Waals surface area contributed by atoms with Gasteiger partial charge < -0.3 is 8.92 Å². The molecule has 1 aromatic carbocycles. The van der Waals surface area contributed by atoms with Gasteiger partial charge in [-0.1, -0.05) is 19.9 Å². The van der Waals surface area contributed by atoms with E-state index in [1.165, 1.54) is 24.3 Å². The minimum absolute atomic E-state index is 0.00335. The van der Waals surface area contributed by atoms with Crippen LogP contribution in [0, 0.1) is 11.3 Å². The van der Waals surface area contributed by atoms with E-state index in [-0.39, 0.29) is 51.5 Å². The quantitative estimate of drug-likeness (QED) is 0.327. The van der Waals surface area contributed by atoms with Crippen LogP contribution in [0.3, 0.4) is 0 Å². The molecule has 1 N–H and O–H groups in total. The van der Waals surface area contributed by atoms with Crippen molar-refractivity contribution in [2.24, 2.45) is 15.3 Å². The molecule has 0 spiro atoms. The summed E-state index contributed by atoms with van der Waals surface area (Å²) in [5.74, 6) is -1.35. The third-order valence-electron chi connectivity index (χ3n) is 4.14. The number of aliphatic imine (C=N–C) groups is 1. The maximum atomic E-state index is 12.7. The molecule has 14 heteroatoms. The Hall–Kier alpha value is -2.71. The Kier molecular flexibility index (Phi) is 7.00. The van der Waals surface area contributed by atoms with Gasteiger partial charge in [0.1, 0.15) is 5.84 Å². The molecule has 33 heavy (non-hydrogen) atoms. The molecule has 3 rings (SSSR count). The SMILES string of the molecule is CCOc1cc(/C=C2/C(=N)N3C(=NC2=O)SN=C3S(=O)(=O)CC(C)C)ccc1OS(C)(=O)=O. The summed E-state index contributed by atoms with van der Waals surface area (Å²) >= 11 is 0.723. The molecule has 1 aromatic rings. The predicted molar refractivity (Wildman–Crippen MR) is 127 cm³/mol. The maximum Gasteiger partial charge on any atom is 0.306 e. The number of hydrogen-bond acceptors (Lipinski definition) is 10. The summed E-state index contributed by atoms with van der Waals surface area (Å²) in [5, 5.41) is 8.16. The second-order valence-electron chi connectivity index (χ2n) is 7.51. The standard InChI is InChI=1S/C19H22N4O7S3/c1-5-29-15-9-12(6-7-14(15)30-32(4,25)26)8-13-16(20)23-18(21-17(13)24)31-22-19(23)33(27,28)10-11(2)3/h6-9,11,20H,5,10H2,1-4H3/b13-8-,20-16?. The molecule has 0 aliphatic carbocycles. The monoisotopic (exact) mass is 514 g/mol. The highest BCUT2D eigenvalue weighted by molar-refractivity contribution is 8.16. The molecule has 0 radical (unpaired) electrons. The molecule has 2 aliphatic heterocycles. The van der Waals surface area contributed by atoms with Gasteiger partial charge in [-0.25, -0.2) is 13.3 Å². The molecule has 11 nitrogen and oxygen atoms in total. The van der Waals surface area contributed by atoms with Crippen molar-refractivity contribution in [1.29, 1.82) is 5.41 Å². The Labute approximate surface area is 196 Å². The first-order valence-corrected chi connectivity index (χ1v) is 13.9. The van der Waals surface area contributed by atoms with Crippen LogP contribution in [0.4, 0.5) is 0 Å². The number of nitrogens with one attached hydrogen (secondary N) is 1. The molecule has 1 amide bonds. The Bertz CT molecular complexity index is 1310. The lowest BCUT2D eigenvalue weighted by molar-refractivity contribution is -0.114. The van der Waals surface area contributed by atoms with Gasteiger partial charge in [-0.15, -0.1) is 0 Å². The summed E-state index contributed by atoms with van der Waals surface area (Å²) in [6, 6.07) is 4.27. The molecule has 178 valence electrons. The molecule has 2 heterocycles. The number of rotatable bonds is 7. The van der Waals surface area contributed by atoms with Gasteiger partial charge in [0.15, 0.2) is 11.5 Å². The highest BCUT2D eigenvalue weighted by Gasteiger charge is 2.42. The number of hydrogen-bond donors (Lipinski definition) is 1. The lowest BCUT2D eigenvalue weighted by Gasteiger charge is -2.24. The van der Waals surface area contributed by atoms with Crippen LogP contribution < -0.4 is 8.92 Å². The van der Waals surface area contributed by atoms with E-state index >= 15 is 0 Å². The van der Waals surface area contributed by atoms with E-state index in [9.17, 15) is 21.6 Å². The van der Waals surface area contributed by atoms with Gasteiger partial charge in [0.25, 0.3) is 5.91 Å². The first kappa shape index (κ1) is 24.9. The number of sulfone groups is 1. The topological polar surface area (TPSA) is 156 Å². The Morgan fingerprint density at radius 1 is 1.21 bits per heavy atom. The van der Waals surface area contributed by atoms with E-state index in [0.29, 0.717) is 5.56 Å². The van der Waals surface area contributed by atoms with E-state index < -0.39 is 25.9 Å². The lowest BCUT2D eigenvalue weighted by atomic mass is 10.1. The van der Waals surface area contributed by atoms with Crippen molar-refractivity contribution in [2.75, 3.05) is 18.6 Å². The fourth-order valence-electron chi connectivity index (χ4n) is 2.99. The van der Waals surface area contributed by atoms with E-state index in [1.54, 1.807) is 20.8 Å². The van der Waals surface area contributed by atoms with Crippen LogP contribution in [0.25, 0.3) is 6.08 Å². The Balaban J connectivity index is 2.00. The number of carbonyl (C=O) groups is 1. The van der Waals surface area contributed by atoms with Crippen LogP contribution >= 0.6 is 11.9 Å². The largest absolute Gasteiger partial charge is 0.490 e. The molecule has 0 saturated carbocycles. The van der Waals surface area contributed by atoms with Crippen molar-refractivity contribution < 1.29 is 30.6 Å². The normalized spacial score (nSPS) is 17.8. The van der Waals surface area contributed by atoms with Crippen LogP contribution in [0.2, 0.25) is 0 Å². The zero-order valence-corrected chi connectivity index (χ0v) is 20.7. The third kappa shape index (κ3) is 5.62. The molecule has 0 unspecified atom stereocenters. The maximum absolute atomic E-state index is 12.7. The van der Waals surface area contributed by atoms with Crippen molar-refractivity contribution in [3.63, 3.8) is 0 Å². The van der Waals surface area contributed by atoms with Crippen molar-refractivity contribution in [3.8, 4) is 11.5 Å². The van der Waals surface area contributed by atoms with E-state index in [1.807, 2.05) is 0 Å². The van der Waals surface area contributed by atoms with Gasteiger partial charge in [-0.2, -0.15) is 17.8 Å². The summed E-state index contributed by atoms with van der Waals surface area (Å²) in [6.45, 7) is 5.42. The zero-order valence-electron chi connectivity index (χ0n) is 18.2. The fourth-order valence-corrected chi connectivity index (χ4v) is 6.19. The smallest absolute Gasteiger partial charge is 0.306 e. The fraction of sp³-hybridized carbons (Fsp3) is 0.368. The van der Waals surface area contributed by atoms with Crippen LogP contribution in [-0.2, 0) is 24.7 Å². The summed E-state index contributed by atoms with van der Waals surface area (Å²) in [5.41, 5.74) is 0.231. The summed E-state index contributed by atoms with van der Waals surface area (Å²) in [4.78, 5) is 17.5. The number of fused-ring (bicyclic) bond motifs is 1. The molecular formula is C19H22N4O7S3. The molecule has 0 bridgehead atoms. The van der Waals surface area contributed by atoms with E-state index in [4.69, 9.17) is 14.3 Å². The molecular weight excluding hydrogens is 492 g/mol. The number of amides is 1. The van der Waals surface area contributed by atoms with Crippen LogP contribution in [0.5, 0.6) is 11.5 Å². The van der Waals surface area contributed by atoms with Crippen molar-refractivity contribution in [2.45, 2.75) is 20.8 Å². The second kappa shape index (κ2) is 9.27. The third-order valence-corrected chi connectivity index (χ3v) is 7.38. The Morgan fingerprint density at radius 2 is 1.91 bits per heavy atom. The molecule has 0 fully saturated rings. The van der Waals surface area contributed by atoms with Gasteiger partial charge in [0, 0.05) is 0 Å². The van der Waals surface area contributed by atoms with E-state index in [0.717, 1.165) is 23.1 Å². The second-order valence-corrected chi connectivity index (χ2v) is 11.7.